The normalized spacial score (nSPS) is 15.5. The molecular weight excluding hydrogens is 226 g/mol. The molecule has 0 saturated carbocycles. The van der Waals surface area contributed by atoms with Crippen molar-refractivity contribution in [3.63, 3.8) is 0 Å². The average molecular weight is 241 g/mol. The molecule has 3 rings (SSSR count). The van der Waals surface area contributed by atoms with E-state index in [2.05, 4.69) is 21.4 Å². The number of hydrogen-bond donors (Lipinski definition) is 1. The molecule has 0 amide bonds. The summed E-state index contributed by atoms with van der Waals surface area (Å²) in [5.41, 5.74) is 3.27. The fourth-order valence-electron chi connectivity index (χ4n) is 2.26. The molecule has 2 heterocycles. The summed E-state index contributed by atoms with van der Waals surface area (Å²) in [5.74, 6) is 0.841. The van der Waals surface area contributed by atoms with Crippen molar-refractivity contribution in [3.8, 4) is 5.75 Å². The minimum atomic E-state index is 0.841. The molecule has 18 heavy (non-hydrogen) atoms. The molecule has 4 nitrogen and oxygen atoms in total. The number of hydrogen-bond acceptors (Lipinski definition) is 4. The number of nitrogens with zero attached hydrogens (tertiary/aromatic N) is 2. The van der Waals surface area contributed by atoms with E-state index < -0.39 is 0 Å². The maximum Gasteiger partial charge on any atom is 0.119 e. The molecule has 0 spiro atoms. The minimum absolute atomic E-state index is 0.841. The van der Waals surface area contributed by atoms with Crippen LogP contribution in [-0.2, 0) is 0 Å². The molecule has 2 aromatic rings. The summed E-state index contributed by atoms with van der Waals surface area (Å²) in [6.45, 7) is 1.91. The number of methoxy groups -OCH3 is 1. The zero-order chi connectivity index (χ0) is 12.4. The molecule has 1 aromatic carbocycles. The van der Waals surface area contributed by atoms with Gasteiger partial charge in [-0.05, 0) is 36.7 Å². The number of rotatable bonds is 2. The van der Waals surface area contributed by atoms with Gasteiger partial charge in [0, 0.05) is 11.9 Å². The zero-order valence-electron chi connectivity index (χ0n) is 10.3. The van der Waals surface area contributed by atoms with Gasteiger partial charge < -0.3 is 10.1 Å². The lowest BCUT2D eigenvalue weighted by Crippen LogP contribution is -2.20. The van der Waals surface area contributed by atoms with Crippen LogP contribution in [0.4, 0.5) is 0 Å². The van der Waals surface area contributed by atoms with Crippen LogP contribution in [0, 0.1) is 0 Å². The van der Waals surface area contributed by atoms with E-state index >= 15 is 0 Å². The lowest BCUT2D eigenvalue weighted by molar-refractivity contribution is 0.415. The third kappa shape index (κ3) is 1.95. The molecule has 0 aliphatic carbocycles. The van der Waals surface area contributed by atoms with E-state index in [0.29, 0.717) is 0 Å². The Morgan fingerprint density at radius 2 is 2.22 bits per heavy atom. The summed E-state index contributed by atoms with van der Waals surface area (Å²) in [5, 5.41) is 4.37. The number of benzene rings is 1. The Kier molecular flexibility index (Phi) is 2.94. The van der Waals surface area contributed by atoms with Crippen LogP contribution in [0.1, 0.15) is 12.1 Å². The first-order valence-electron chi connectivity index (χ1n) is 6.07. The molecule has 0 atom stereocenters. The molecule has 0 radical (unpaired) electrons. The molecule has 1 N–H and O–H groups in total. The number of ether oxygens (including phenoxy) is 1. The van der Waals surface area contributed by atoms with Gasteiger partial charge in [-0.1, -0.05) is 6.08 Å². The van der Waals surface area contributed by atoms with Crippen LogP contribution in [0.25, 0.3) is 16.5 Å². The van der Waals surface area contributed by atoms with Gasteiger partial charge in [-0.3, -0.25) is 0 Å². The van der Waals surface area contributed by atoms with E-state index in [1.807, 2.05) is 18.2 Å². The first kappa shape index (κ1) is 11.2. The second kappa shape index (κ2) is 4.74. The molecule has 92 valence electrons. The van der Waals surface area contributed by atoms with E-state index in [4.69, 9.17) is 4.74 Å². The highest BCUT2D eigenvalue weighted by molar-refractivity contribution is 5.90. The Labute approximate surface area is 106 Å². The first-order valence-corrected chi connectivity index (χ1v) is 6.07. The standard InChI is InChI=1S/C14H15N3O/c1-18-11-2-3-13-12(8-11)14(17-9-16-13)10-4-6-15-7-5-10/h2-4,8-9,15H,5-7H2,1H3. The Morgan fingerprint density at radius 3 is 3.00 bits per heavy atom. The van der Waals surface area contributed by atoms with Crippen molar-refractivity contribution in [3.05, 3.63) is 36.3 Å². The number of nitrogens with one attached hydrogen (secondary N) is 1. The third-order valence-electron chi connectivity index (χ3n) is 3.21. The van der Waals surface area contributed by atoms with Crippen LogP contribution in [0.2, 0.25) is 0 Å². The molecule has 1 aliphatic rings. The maximum absolute atomic E-state index is 5.28. The van der Waals surface area contributed by atoms with Crippen LogP contribution in [-0.4, -0.2) is 30.2 Å². The van der Waals surface area contributed by atoms with Gasteiger partial charge in [-0.25, -0.2) is 9.97 Å². The minimum Gasteiger partial charge on any atom is -0.497 e. The van der Waals surface area contributed by atoms with Gasteiger partial charge in [0.05, 0.1) is 18.3 Å². The Balaban J connectivity index is 2.18. The summed E-state index contributed by atoms with van der Waals surface area (Å²) in [7, 11) is 1.68. The van der Waals surface area contributed by atoms with Gasteiger partial charge in [0.25, 0.3) is 0 Å². The van der Waals surface area contributed by atoms with Gasteiger partial charge in [-0.15, -0.1) is 0 Å². The summed E-state index contributed by atoms with van der Waals surface area (Å²) in [6.07, 6.45) is 4.83. The lowest BCUT2D eigenvalue weighted by atomic mass is 10.0. The van der Waals surface area contributed by atoms with Crippen LogP contribution in [0.5, 0.6) is 5.75 Å². The predicted octanol–water partition coefficient (Wildman–Crippen LogP) is 2.02. The highest BCUT2D eigenvalue weighted by Crippen LogP contribution is 2.27. The van der Waals surface area contributed by atoms with Gasteiger partial charge in [-0.2, -0.15) is 0 Å². The predicted molar refractivity (Wildman–Crippen MR) is 71.6 cm³/mol. The Morgan fingerprint density at radius 1 is 1.28 bits per heavy atom. The molecule has 1 aliphatic heterocycles. The smallest absolute Gasteiger partial charge is 0.119 e. The zero-order valence-corrected chi connectivity index (χ0v) is 10.3. The molecule has 0 fully saturated rings. The Bertz CT molecular complexity index is 607. The highest BCUT2D eigenvalue weighted by Gasteiger charge is 2.11. The van der Waals surface area contributed by atoms with E-state index in [9.17, 15) is 0 Å². The van der Waals surface area contributed by atoms with Crippen molar-refractivity contribution in [2.24, 2.45) is 0 Å². The fraction of sp³-hybridized carbons (Fsp3) is 0.286. The quantitative estimate of drug-likeness (QED) is 0.873. The topological polar surface area (TPSA) is 47.0 Å². The SMILES string of the molecule is COc1ccc2ncnc(C3=CCNCC3)c2c1. The van der Waals surface area contributed by atoms with Crippen molar-refractivity contribution in [2.45, 2.75) is 6.42 Å². The molecular formula is C14H15N3O. The average Bonchev–Trinajstić information content (AvgIpc) is 2.47. The molecule has 1 aromatic heterocycles. The second-order valence-electron chi connectivity index (χ2n) is 4.29. The summed E-state index contributed by atoms with van der Waals surface area (Å²) < 4.78 is 5.28. The largest absolute Gasteiger partial charge is 0.497 e. The third-order valence-corrected chi connectivity index (χ3v) is 3.21. The van der Waals surface area contributed by atoms with E-state index in [-0.39, 0.29) is 0 Å². The second-order valence-corrected chi connectivity index (χ2v) is 4.29. The summed E-state index contributed by atoms with van der Waals surface area (Å²) in [6, 6.07) is 5.91. The van der Waals surface area contributed by atoms with E-state index in [1.54, 1.807) is 13.4 Å². The van der Waals surface area contributed by atoms with Crippen molar-refractivity contribution in [2.75, 3.05) is 20.2 Å². The molecule has 0 saturated heterocycles. The van der Waals surface area contributed by atoms with Gasteiger partial charge in [0.1, 0.15) is 12.1 Å². The Hall–Kier alpha value is -1.94. The van der Waals surface area contributed by atoms with E-state index in [0.717, 1.165) is 41.9 Å². The summed E-state index contributed by atoms with van der Waals surface area (Å²) in [4.78, 5) is 8.75. The number of aromatic nitrogens is 2. The monoisotopic (exact) mass is 241 g/mol. The van der Waals surface area contributed by atoms with Crippen LogP contribution < -0.4 is 10.1 Å². The van der Waals surface area contributed by atoms with Crippen molar-refractivity contribution < 1.29 is 4.74 Å². The van der Waals surface area contributed by atoms with Crippen molar-refractivity contribution in [1.29, 1.82) is 0 Å². The summed E-state index contributed by atoms with van der Waals surface area (Å²) >= 11 is 0. The van der Waals surface area contributed by atoms with Crippen LogP contribution in [0.15, 0.2) is 30.6 Å². The van der Waals surface area contributed by atoms with Crippen molar-refractivity contribution in [1.82, 2.24) is 15.3 Å². The van der Waals surface area contributed by atoms with Crippen molar-refractivity contribution >= 4 is 16.5 Å². The van der Waals surface area contributed by atoms with Gasteiger partial charge in [0.15, 0.2) is 0 Å². The number of fused-ring (bicyclic) bond motifs is 1. The first-order chi connectivity index (χ1) is 8.88. The molecule has 4 heteroatoms. The fourth-order valence-corrected chi connectivity index (χ4v) is 2.26. The highest BCUT2D eigenvalue weighted by atomic mass is 16.5. The molecule has 0 bridgehead atoms. The van der Waals surface area contributed by atoms with E-state index in [1.165, 1.54) is 5.57 Å². The lowest BCUT2D eigenvalue weighted by Gasteiger charge is -2.15. The maximum atomic E-state index is 5.28. The van der Waals surface area contributed by atoms with Gasteiger partial charge in [0.2, 0.25) is 0 Å². The van der Waals surface area contributed by atoms with Crippen LogP contribution >= 0.6 is 0 Å². The van der Waals surface area contributed by atoms with Gasteiger partial charge >= 0.3 is 0 Å². The molecule has 0 unspecified atom stereocenters. The van der Waals surface area contributed by atoms with Crippen LogP contribution in [0.3, 0.4) is 0 Å².